The largest absolute Gasteiger partial charge is 0.338 e. The molecule has 18 heavy (non-hydrogen) atoms. The average molecular weight is 256 g/mol. The van der Waals surface area contributed by atoms with Crippen molar-refractivity contribution in [2.24, 2.45) is 11.7 Å². The summed E-state index contributed by atoms with van der Waals surface area (Å²) in [5.41, 5.74) is 5.54. The summed E-state index contributed by atoms with van der Waals surface area (Å²) in [5, 5.41) is 4.89. The molecule has 1 aliphatic rings. The van der Waals surface area contributed by atoms with Gasteiger partial charge in [0.25, 0.3) is 0 Å². The molecule has 0 aromatic carbocycles. The normalized spacial score (nSPS) is 21.6. The molecule has 0 aromatic rings. The Morgan fingerprint density at radius 3 is 2.83 bits per heavy atom. The number of hydrogen-bond donors (Lipinski definition) is 3. The monoisotopic (exact) mass is 256 g/mol. The Kier molecular flexibility index (Phi) is 6.07. The number of carbonyl (C=O) groups excluding carboxylic acids is 2. The molecule has 1 saturated heterocycles. The van der Waals surface area contributed by atoms with Crippen LogP contribution in [0.3, 0.4) is 0 Å². The zero-order valence-electron chi connectivity index (χ0n) is 11.2. The lowest BCUT2D eigenvalue weighted by Gasteiger charge is -2.23. The van der Waals surface area contributed by atoms with Gasteiger partial charge in [0.2, 0.25) is 5.91 Å². The number of nitrogens with one attached hydrogen (secondary N) is 2. The van der Waals surface area contributed by atoms with E-state index in [1.54, 1.807) is 0 Å². The Balaban J connectivity index is 2.38. The average Bonchev–Trinajstić information content (AvgIpc) is 2.77. The fourth-order valence-corrected chi connectivity index (χ4v) is 2.27. The van der Waals surface area contributed by atoms with Crippen LogP contribution in [0.1, 0.15) is 26.7 Å². The molecule has 6 nitrogen and oxygen atoms in total. The molecule has 1 rings (SSSR count). The number of imide groups is 1. The van der Waals surface area contributed by atoms with E-state index in [4.69, 9.17) is 5.73 Å². The van der Waals surface area contributed by atoms with E-state index in [0.717, 1.165) is 25.9 Å². The van der Waals surface area contributed by atoms with Crippen LogP contribution in [0.5, 0.6) is 0 Å². The van der Waals surface area contributed by atoms with Crippen LogP contribution >= 0.6 is 0 Å². The summed E-state index contributed by atoms with van der Waals surface area (Å²) >= 11 is 0. The number of nitrogens with zero attached hydrogens (tertiary/aromatic N) is 1. The first-order valence-electron chi connectivity index (χ1n) is 6.61. The molecule has 104 valence electrons. The van der Waals surface area contributed by atoms with Crippen LogP contribution < -0.4 is 16.4 Å². The number of carbonyl (C=O) groups is 2. The SMILES string of the molecule is CCNC(=O)NC(=O)C(C)N1CCC(CCN)C1. The second kappa shape index (κ2) is 7.33. The third-order valence-electron chi connectivity index (χ3n) is 3.39. The number of likely N-dealkylation sites (tertiary alicyclic amines) is 1. The molecule has 2 unspecified atom stereocenters. The first-order chi connectivity index (χ1) is 8.58. The van der Waals surface area contributed by atoms with Gasteiger partial charge < -0.3 is 11.1 Å². The van der Waals surface area contributed by atoms with Crippen LogP contribution in [-0.4, -0.2) is 49.1 Å². The van der Waals surface area contributed by atoms with Gasteiger partial charge in [0.05, 0.1) is 6.04 Å². The number of hydrogen-bond acceptors (Lipinski definition) is 4. The summed E-state index contributed by atoms with van der Waals surface area (Å²) in [6.45, 7) is 6.63. The molecule has 2 atom stereocenters. The van der Waals surface area contributed by atoms with Crippen molar-refractivity contribution >= 4 is 11.9 Å². The summed E-state index contributed by atoms with van der Waals surface area (Å²) in [6, 6.07) is -0.692. The molecule has 0 aromatic heterocycles. The molecule has 0 aliphatic carbocycles. The number of urea groups is 1. The van der Waals surface area contributed by atoms with Crippen LogP contribution in [0, 0.1) is 5.92 Å². The summed E-state index contributed by atoms with van der Waals surface area (Å²) in [4.78, 5) is 25.2. The summed E-state index contributed by atoms with van der Waals surface area (Å²) in [6.07, 6.45) is 2.08. The molecule has 4 N–H and O–H groups in total. The molecule has 1 aliphatic heterocycles. The number of nitrogens with two attached hydrogens (primary N) is 1. The first-order valence-corrected chi connectivity index (χ1v) is 6.61. The van der Waals surface area contributed by atoms with Gasteiger partial charge in [-0.05, 0) is 45.7 Å². The second-order valence-corrected chi connectivity index (χ2v) is 4.75. The third-order valence-corrected chi connectivity index (χ3v) is 3.39. The molecular weight excluding hydrogens is 232 g/mol. The predicted molar refractivity (Wildman–Crippen MR) is 70.0 cm³/mol. The highest BCUT2D eigenvalue weighted by molar-refractivity contribution is 5.96. The minimum Gasteiger partial charge on any atom is -0.338 e. The van der Waals surface area contributed by atoms with Gasteiger partial charge in [-0.2, -0.15) is 0 Å². The van der Waals surface area contributed by atoms with E-state index in [1.165, 1.54) is 0 Å². The van der Waals surface area contributed by atoms with E-state index in [1.807, 2.05) is 13.8 Å². The molecule has 1 heterocycles. The molecule has 0 spiro atoms. The summed E-state index contributed by atoms with van der Waals surface area (Å²) in [5.74, 6) is 0.337. The van der Waals surface area contributed by atoms with Gasteiger partial charge in [0, 0.05) is 13.1 Å². The Labute approximate surface area is 108 Å². The molecule has 3 amide bonds. The van der Waals surface area contributed by atoms with Gasteiger partial charge in [-0.3, -0.25) is 15.0 Å². The fourth-order valence-electron chi connectivity index (χ4n) is 2.27. The lowest BCUT2D eigenvalue weighted by molar-refractivity contribution is -0.124. The van der Waals surface area contributed by atoms with E-state index >= 15 is 0 Å². The first kappa shape index (κ1) is 14.9. The molecule has 6 heteroatoms. The summed E-state index contributed by atoms with van der Waals surface area (Å²) < 4.78 is 0. The van der Waals surface area contributed by atoms with Gasteiger partial charge in [-0.15, -0.1) is 0 Å². The Bertz CT molecular complexity index is 296. The van der Waals surface area contributed by atoms with E-state index in [-0.39, 0.29) is 11.9 Å². The van der Waals surface area contributed by atoms with E-state index in [2.05, 4.69) is 15.5 Å². The third kappa shape index (κ3) is 4.27. The smallest absolute Gasteiger partial charge is 0.321 e. The quantitative estimate of drug-likeness (QED) is 0.640. The Morgan fingerprint density at radius 2 is 2.22 bits per heavy atom. The minimum atomic E-state index is -0.424. The number of rotatable bonds is 5. The Hall–Kier alpha value is -1.14. The highest BCUT2D eigenvalue weighted by atomic mass is 16.2. The lowest BCUT2D eigenvalue weighted by atomic mass is 10.1. The van der Waals surface area contributed by atoms with Crippen molar-refractivity contribution in [3.63, 3.8) is 0 Å². The Morgan fingerprint density at radius 1 is 1.50 bits per heavy atom. The molecule has 0 radical (unpaired) electrons. The van der Waals surface area contributed by atoms with Crippen LogP contribution in [0.25, 0.3) is 0 Å². The van der Waals surface area contributed by atoms with Crippen molar-refractivity contribution in [1.82, 2.24) is 15.5 Å². The van der Waals surface area contributed by atoms with Crippen molar-refractivity contribution < 1.29 is 9.59 Å². The maximum absolute atomic E-state index is 11.8. The zero-order valence-corrected chi connectivity index (χ0v) is 11.2. The van der Waals surface area contributed by atoms with Crippen LogP contribution in [0.4, 0.5) is 4.79 Å². The molecule has 1 fully saturated rings. The van der Waals surface area contributed by atoms with Crippen molar-refractivity contribution in [1.29, 1.82) is 0 Å². The molecule has 0 bridgehead atoms. The van der Waals surface area contributed by atoms with Crippen molar-refractivity contribution in [2.45, 2.75) is 32.7 Å². The maximum atomic E-state index is 11.8. The van der Waals surface area contributed by atoms with Gasteiger partial charge in [0.1, 0.15) is 0 Å². The standard InChI is InChI=1S/C12H24N4O2/c1-3-14-12(18)15-11(17)9(2)16-7-5-10(8-16)4-6-13/h9-10H,3-8,13H2,1-2H3,(H2,14,15,17,18). The van der Waals surface area contributed by atoms with Crippen LogP contribution in [-0.2, 0) is 4.79 Å². The van der Waals surface area contributed by atoms with Gasteiger partial charge >= 0.3 is 6.03 Å². The van der Waals surface area contributed by atoms with Crippen molar-refractivity contribution in [3.8, 4) is 0 Å². The topological polar surface area (TPSA) is 87.5 Å². The van der Waals surface area contributed by atoms with E-state index in [0.29, 0.717) is 19.0 Å². The lowest BCUT2D eigenvalue weighted by Crippen LogP contribution is -2.49. The van der Waals surface area contributed by atoms with Crippen molar-refractivity contribution in [3.05, 3.63) is 0 Å². The predicted octanol–water partition coefficient (Wildman–Crippen LogP) is -0.109. The van der Waals surface area contributed by atoms with Crippen molar-refractivity contribution in [2.75, 3.05) is 26.2 Å². The molecular formula is C12H24N4O2. The fraction of sp³-hybridized carbons (Fsp3) is 0.833. The highest BCUT2D eigenvalue weighted by Crippen LogP contribution is 2.20. The minimum absolute atomic E-state index is 0.241. The number of amides is 3. The van der Waals surface area contributed by atoms with E-state index in [9.17, 15) is 9.59 Å². The summed E-state index contributed by atoms with van der Waals surface area (Å²) in [7, 11) is 0. The molecule has 0 saturated carbocycles. The van der Waals surface area contributed by atoms with E-state index < -0.39 is 6.03 Å². The van der Waals surface area contributed by atoms with Crippen LogP contribution in [0.15, 0.2) is 0 Å². The maximum Gasteiger partial charge on any atom is 0.321 e. The zero-order chi connectivity index (χ0) is 13.5. The van der Waals surface area contributed by atoms with Gasteiger partial charge in [-0.1, -0.05) is 0 Å². The van der Waals surface area contributed by atoms with Gasteiger partial charge in [0.15, 0.2) is 0 Å². The van der Waals surface area contributed by atoms with Crippen LogP contribution in [0.2, 0.25) is 0 Å². The second-order valence-electron chi connectivity index (χ2n) is 4.75. The highest BCUT2D eigenvalue weighted by Gasteiger charge is 2.29. The van der Waals surface area contributed by atoms with Gasteiger partial charge in [-0.25, -0.2) is 4.79 Å².